The Morgan fingerprint density at radius 2 is 2.15 bits per heavy atom. The molecule has 2 rings (SSSR count). The summed E-state index contributed by atoms with van der Waals surface area (Å²) in [6.45, 7) is 2.48. The minimum atomic E-state index is -0.946. The van der Waals surface area contributed by atoms with Crippen molar-refractivity contribution in [2.75, 3.05) is 6.54 Å². The molecule has 1 amide bonds. The van der Waals surface area contributed by atoms with Crippen molar-refractivity contribution in [1.29, 1.82) is 0 Å². The molecule has 20 heavy (non-hydrogen) atoms. The number of halogens is 2. The third-order valence-electron chi connectivity index (χ3n) is 3.58. The van der Waals surface area contributed by atoms with Crippen molar-refractivity contribution >= 4 is 39.4 Å². The lowest BCUT2D eigenvalue weighted by Gasteiger charge is -2.36. The van der Waals surface area contributed by atoms with Crippen LogP contribution in [0.25, 0.3) is 0 Å². The monoisotopic (exact) mass is 359 g/mol. The van der Waals surface area contributed by atoms with Crippen LogP contribution in [0, 0.1) is 5.92 Å². The van der Waals surface area contributed by atoms with Crippen LogP contribution >= 0.6 is 27.5 Å². The average molecular weight is 361 g/mol. The Labute approximate surface area is 130 Å². The fourth-order valence-electron chi connectivity index (χ4n) is 2.41. The third-order valence-corrected chi connectivity index (χ3v) is 4.79. The highest BCUT2D eigenvalue weighted by atomic mass is 79.9. The molecule has 6 heteroatoms. The number of piperidine rings is 1. The second kappa shape index (κ2) is 6.14. The average Bonchev–Trinajstić information content (AvgIpc) is 2.41. The first-order valence-electron chi connectivity index (χ1n) is 6.39. The van der Waals surface area contributed by atoms with E-state index in [1.54, 1.807) is 18.2 Å². The lowest BCUT2D eigenvalue weighted by Crippen LogP contribution is -2.49. The second-order valence-corrected chi connectivity index (χ2v) is 6.37. The van der Waals surface area contributed by atoms with Gasteiger partial charge in [0.2, 0.25) is 0 Å². The molecule has 0 spiro atoms. The van der Waals surface area contributed by atoms with E-state index in [9.17, 15) is 14.7 Å². The molecule has 108 valence electrons. The summed E-state index contributed by atoms with van der Waals surface area (Å²) in [5.74, 6) is -0.892. The Hall–Kier alpha value is -1.07. The standard InChI is InChI=1S/C14H15BrClNO3/c1-8-4-5-17(12(6-8)14(19)20)13(18)9-2-3-11(16)10(15)7-9/h2-3,7-8,12H,4-6H2,1H3,(H,19,20). The van der Waals surface area contributed by atoms with Gasteiger partial charge in [-0.1, -0.05) is 18.5 Å². The van der Waals surface area contributed by atoms with Crippen LogP contribution in [-0.2, 0) is 4.79 Å². The van der Waals surface area contributed by atoms with Gasteiger partial charge in [-0.05, 0) is 52.9 Å². The Balaban J connectivity index is 2.26. The molecule has 0 saturated carbocycles. The molecular formula is C14H15BrClNO3. The minimum Gasteiger partial charge on any atom is -0.480 e. The van der Waals surface area contributed by atoms with Crippen LogP contribution in [0.3, 0.4) is 0 Å². The summed E-state index contributed by atoms with van der Waals surface area (Å²) in [7, 11) is 0. The summed E-state index contributed by atoms with van der Waals surface area (Å²) in [4.78, 5) is 25.3. The van der Waals surface area contributed by atoms with E-state index in [1.807, 2.05) is 6.92 Å². The number of carbonyl (C=O) groups excluding carboxylic acids is 1. The van der Waals surface area contributed by atoms with Crippen molar-refractivity contribution in [3.63, 3.8) is 0 Å². The molecule has 1 saturated heterocycles. The van der Waals surface area contributed by atoms with E-state index in [-0.39, 0.29) is 5.91 Å². The fourth-order valence-corrected chi connectivity index (χ4v) is 2.91. The number of carboxylic acid groups (broad SMARTS) is 1. The summed E-state index contributed by atoms with van der Waals surface area (Å²) in [6.07, 6.45) is 1.32. The molecule has 1 N–H and O–H groups in total. The molecule has 1 aromatic carbocycles. The smallest absolute Gasteiger partial charge is 0.326 e. The van der Waals surface area contributed by atoms with Gasteiger partial charge in [-0.15, -0.1) is 0 Å². The molecule has 1 aliphatic heterocycles. The van der Waals surface area contributed by atoms with Crippen LogP contribution in [0.2, 0.25) is 5.02 Å². The maximum Gasteiger partial charge on any atom is 0.326 e. The summed E-state index contributed by atoms with van der Waals surface area (Å²) >= 11 is 9.18. The molecule has 1 aromatic rings. The molecule has 2 atom stereocenters. The molecule has 1 aliphatic rings. The first kappa shape index (κ1) is 15.3. The Bertz CT molecular complexity index is 549. The van der Waals surface area contributed by atoms with Crippen molar-refractivity contribution in [3.05, 3.63) is 33.3 Å². The maximum absolute atomic E-state index is 12.5. The molecule has 0 bridgehead atoms. The Kier molecular flexibility index (Phi) is 4.70. The van der Waals surface area contributed by atoms with E-state index in [0.29, 0.717) is 33.9 Å². The second-order valence-electron chi connectivity index (χ2n) is 5.11. The summed E-state index contributed by atoms with van der Waals surface area (Å²) in [6, 6.07) is 4.12. The quantitative estimate of drug-likeness (QED) is 0.879. The third kappa shape index (κ3) is 3.15. The van der Waals surface area contributed by atoms with E-state index in [1.165, 1.54) is 4.90 Å². The zero-order valence-electron chi connectivity index (χ0n) is 11.0. The first-order chi connectivity index (χ1) is 9.40. The highest BCUT2D eigenvalue weighted by molar-refractivity contribution is 9.10. The predicted octanol–water partition coefficient (Wildman–Crippen LogP) is 3.43. The molecule has 0 aromatic heterocycles. The zero-order valence-corrected chi connectivity index (χ0v) is 13.3. The van der Waals surface area contributed by atoms with Gasteiger partial charge >= 0.3 is 5.97 Å². The van der Waals surface area contributed by atoms with Crippen molar-refractivity contribution in [1.82, 2.24) is 4.90 Å². The van der Waals surface area contributed by atoms with Gasteiger partial charge in [0, 0.05) is 16.6 Å². The summed E-state index contributed by atoms with van der Waals surface area (Å²) in [5.41, 5.74) is 0.446. The number of amides is 1. The SMILES string of the molecule is CC1CCN(C(=O)c2ccc(Cl)c(Br)c2)C(C(=O)O)C1. The van der Waals surface area contributed by atoms with Crippen molar-refractivity contribution in [2.45, 2.75) is 25.8 Å². The predicted molar refractivity (Wildman–Crippen MR) is 80.0 cm³/mol. The van der Waals surface area contributed by atoms with E-state index < -0.39 is 12.0 Å². The molecule has 1 heterocycles. The van der Waals surface area contributed by atoms with Crippen molar-refractivity contribution in [3.8, 4) is 0 Å². The van der Waals surface area contributed by atoms with Crippen molar-refractivity contribution < 1.29 is 14.7 Å². The topological polar surface area (TPSA) is 57.6 Å². The van der Waals surface area contributed by atoms with Crippen molar-refractivity contribution in [2.24, 2.45) is 5.92 Å². The maximum atomic E-state index is 12.5. The zero-order chi connectivity index (χ0) is 14.9. The number of hydrogen-bond acceptors (Lipinski definition) is 2. The number of nitrogens with zero attached hydrogens (tertiary/aromatic N) is 1. The normalized spacial score (nSPS) is 22.6. The number of rotatable bonds is 2. The van der Waals surface area contributed by atoms with E-state index in [0.717, 1.165) is 6.42 Å². The van der Waals surface area contributed by atoms with Crippen LogP contribution in [0.4, 0.5) is 0 Å². The van der Waals surface area contributed by atoms with E-state index in [4.69, 9.17) is 11.6 Å². The van der Waals surface area contributed by atoms with Gasteiger partial charge in [-0.3, -0.25) is 4.79 Å². The molecule has 2 unspecified atom stereocenters. The number of benzene rings is 1. The lowest BCUT2D eigenvalue weighted by atomic mass is 9.92. The number of carboxylic acids is 1. The van der Waals surface area contributed by atoms with Gasteiger partial charge in [0.25, 0.3) is 5.91 Å². The first-order valence-corrected chi connectivity index (χ1v) is 7.56. The number of hydrogen-bond donors (Lipinski definition) is 1. The van der Waals surface area contributed by atoms with Crippen LogP contribution in [0.5, 0.6) is 0 Å². The summed E-state index contributed by atoms with van der Waals surface area (Å²) < 4.78 is 0.627. The molecule has 4 nitrogen and oxygen atoms in total. The van der Waals surface area contributed by atoms with Gasteiger partial charge in [-0.25, -0.2) is 4.79 Å². The Morgan fingerprint density at radius 1 is 1.45 bits per heavy atom. The molecule has 0 radical (unpaired) electrons. The van der Waals surface area contributed by atoms with Gasteiger partial charge in [-0.2, -0.15) is 0 Å². The number of likely N-dealkylation sites (tertiary alicyclic amines) is 1. The van der Waals surface area contributed by atoms with Crippen LogP contribution < -0.4 is 0 Å². The fraction of sp³-hybridized carbons (Fsp3) is 0.429. The van der Waals surface area contributed by atoms with E-state index >= 15 is 0 Å². The highest BCUT2D eigenvalue weighted by Gasteiger charge is 2.35. The van der Waals surface area contributed by atoms with Crippen LogP contribution in [0.1, 0.15) is 30.1 Å². The van der Waals surface area contributed by atoms with Gasteiger partial charge in [0.05, 0.1) is 5.02 Å². The lowest BCUT2D eigenvalue weighted by molar-refractivity contribution is -0.144. The van der Waals surface area contributed by atoms with Crippen LogP contribution in [-0.4, -0.2) is 34.5 Å². The van der Waals surface area contributed by atoms with Gasteiger partial charge in [0.1, 0.15) is 6.04 Å². The van der Waals surface area contributed by atoms with Gasteiger partial charge < -0.3 is 10.0 Å². The molecular weight excluding hydrogens is 346 g/mol. The van der Waals surface area contributed by atoms with Crippen LogP contribution in [0.15, 0.2) is 22.7 Å². The largest absolute Gasteiger partial charge is 0.480 e. The summed E-state index contributed by atoms with van der Waals surface area (Å²) in [5, 5.41) is 9.81. The number of aliphatic carboxylic acids is 1. The number of carbonyl (C=O) groups is 2. The highest BCUT2D eigenvalue weighted by Crippen LogP contribution is 2.27. The van der Waals surface area contributed by atoms with E-state index in [2.05, 4.69) is 15.9 Å². The Morgan fingerprint density at radius 3 is 2.75 bits per heavy atom. The molecule has 0 aliphatic carbocycles. The minimum absolute atomic E-state index is 0.262. The van der Waals surface area contributed by atoms with Gasteiger partial charge in [0.15, 0.2) is 0 Å². The molecule has 1 fully saturated rings.